The molecule has 1 amide bonds. The summed E-state index contributed by atoms with van der Waals surface area (Å²) in [6, 6.07) is 8.54. The molecule has 3 N–H and O–H groups in total. The minimum atomic E-state index is -0.346. The van der Waals surface area contributed by atoms with E-state index in [1.807, 2.05) is 0 Å². The van der Waals surface area contributed by atoms with Gasteiger partial charge in [0.25, 0.3) is 0 Å². The Hall–Kier alpha value is -1.39. The predicted molar refractivity (Wildman–Crippen MR) is 88.9 cm³/mol. The second-order valence-electron chi connectivity index (χ2n) is 6.72. The Morgan fingerprint density at radius 2 is 1.86 bits per heavy atom. The lowest BCUT2D eigenvalue weighted by Gasteiger charge is -2.16. The number of benzene rings is 1. The van der Waals surface area contributed by atoms with E-state index < -0.39 is 0 Å². The Morgan fingerprint density at radius 1 is 1.23 bits per heavy atom. The molecule has 122 valence electrons. The molecular formula is C18H28N2O2. The third-order valence-electron chi connectivity index (χ3n) is 4.53. The number of aliphatic hydroxyl groups is 1. The Morgan fingerprint density at radius 3 is 2.41 bits per heavy atom. The number of hydrogen-bond donors (Lipinski definition) is 3. The number of carbonyl (C=O) groups excluding carboxylic acids is 1. The first-order chi connectivity index (χ1) is 10.5. The van der Waals surface area contributed by atoms with E-state index in [2.05, 4.69) is 55.7 Å². The van der Waals surface area contributed by atoms with Crippen molar-refractivity contribution in [1.29, 1.82) is 0 Å². The molecule has 22 heavy (non-hydrogen) atoms. The second-order valence-corrected chi connectivity index (χ2v) is 6.72. The van der Waals surface area contributed by atoms with Gasteiger partial charge in [0.15, 0.2) is 0 Å². The van der Waals surface area contributed by atoms with Gasteiger partial charge in [-0.1, -0.05) is 45.0 Å². The quantitative estimate of drug-likeness (QED) is 0.753. The number of hydrogen-bond acceptors (Lipinski definition) is 3. The van der Waals surface area contributed by atoms with E-state index >= 15 is 0 Å². The predicted octanol–water partition coefficient (Wildman–Crippen LogP) is 2.00. The third-order valence-corrected chi connectivity index (χ3v) is 4.53. The fourth-order valence-corrected chi connectivity index (χ4v) is 2.85. The number of nitrogens with one attached hydrogen (secondary N) is 2. The molecule has 0 aromatic heterocycles. The number of aliphatic hydroxyl groups excluding tert-OH is 1. The molecule has 3 atom stereocenters. The number of rotatable bonds is 6. The largest absolute Gasteiger partial charge is 0.391 e. The van der Waals surface area contributed by atoms with Gasteiger partial charge < -0.3 is 15.7 Å². The van der Waals surface area contributed by atoms with Crippen molar-refractivity contribution in [3.8, 4) is 0 Å². The molecule has 0 aliphatic carbocycles. The topological polar surface area (TPSA) is 61.4 Å². The molecule has 1 fully saturated rings. The maximum atomic E-state index is 12.1. The van der Waals surface area contributed by atoms with Gasteiger partial charge in [-0.3, -0.25) is 4.79 Å². The zero-order valence-electron chi connectivity index (χ0n) is 13.8. The summed E-state index contributed by atoms with van der Waals surface area (Å²) in [4.78, 5) is 12.1. The molecule has 4 heteroatoms. The van der Waals surface area contributed by atoms with Crippen LogP contribution in [0.2, 0.25) is 0 Å². The van der Waals surface area contributed by atoms with Crippen LogP contribution in [-0.4, -0.2) is 36.8 Å². The molecule has 0 saturated carbocycles. The Kier molecular flexibility index (Phi) is 5.98. The molecule has 1 aromatic carbocycles. The normalized spacial score (nSPS) is 22.8. The van der Waals surface area contributed by atoms with Crippen LogP contribution in [0.25, 0.3) is 0 Å². The zero-order valence-corrected chi connectivity index (χ0v) is 13.8. The van der Waals surface area contributed by atoms with Gasteiger partial charge in [0.2, 0.25) is 5.91 Å². The molecule has 1 aromatic rings. The summed E-state index contributed by atoms with van der Waals surface area (Å²) in [6.45, 7) is 8.38. The van der Waals surface area contributed by atoms with Crippen molar-refractivity contribution in [2.75, 3.05) is 19.6 Å². The molecule has 1 aliphatic heterocycles. The lowest BCUT2D eigenvalue weighted by molar-refractivity contribution is -0.121. The summed E-state index contributed by atoms with van der Waals surface area (Å²) in [6.07, 6.45) is 0.137. The minimum absolute atomic E-state index is 0.0551. The van der Waals surface area contributed by atoms with Gasteiger partial charge in [-0.25, -0.2) is 0 Å². The molecule has 3 unspecified atom stereocenters. The van der Waals surface area contributed by atoms with Crippen LogP contribution >= 0.6 is 0 Å². The van der Waals surface area contributed by atoms with Crippen molar-refractivity contribution in [2.24, 2.45) is 5.92 Å². The molecule has 1 aliphatic rings. The van der Waals surface area contributed by atoms with E-state index in [0.29, 0.717) is 25.4 Å². The first-order valence-electron chi connectivity index (χ1n) is 8.22. The van der Waals surface area contributed by atoms with Crippen LogP contribution in [0.15, 0.2) is 24.3 Å². The lowest BCUT2D eigenvalue weighted by atomic mass is 9.94. The third kappa shape index (κ3) is 4.55. The van der Waals surface area contributed by atoms with Crippen molar-refractivity contribution in [2.45, 2.75) is 45.1 Å². The molecular weight excluding hydrogens is 276 g/mol. The van der Waals surface area contributed by atoms with Crippen LogP contribution in [0.5, 0.6) is 0 Å². The van der Waals surface area contributed by atoms with E-state index in [1.165, 1.54) is 11.1 Å². The molecule has 2 rings (SSSR count). The van der Waals surface area contributed by atoms with Gasteiger partial charge in [-0.2, -0.15) is 0 Å². The fraction of sp³-hybridized carbons (Fsp3) is 0.611. The molecule has 4 nitrogen and oxygen atoms in total. The summed E-state index contributed by atoms with van der Waals surface area (Å²) in [5.41, 5.74) is 2.52. The van der Waals surface area contributed by atoms with Gasteiger partial charge in [-0.05, 0) is 23.0 Å². The summed E-state index contributed by atoms with van der Waals surface area (Å²) in [5, 5.41) is 15.8. The van der Waals surface area contributed by atoms with Gasteiger partial charge in [0.1, 0.15) is 0 Å². The van der Waals surface area contributed by atoms with Crippen molar-refractivity contribution < 1.29 is 9.90 Å². The van der Waals surface area contributed by atoms with Gasteiger partial charge >= 0.3 is 0 Å². The summed E-state index contributed by atoms with van der Waals surface area (Å²) >= 11 is 0. The van der Waals surface area contributed by atoms with Crippen LogP contribution in [0.3, 0.4) is 0 Å². The summed E-state index contributed by atoms with van der Waals surface area (Å²) in [5.74, 6) is 0.913. The maximum absolute atomic E-state index is 12.1. The lowest BCUT2D eigenvalue weighted by Crippen LogP contribution is -2.34. The number of β-amino-alcohol motifs (C(OH)–C–C–N with tert-alkyl or cyclic N) is 1. The van der Waals surface area contributed by atoms with Crippen LogP contribution in [0.4, 0.5) is 0 Å². The summed E-state index contributed by atoms with van der Waals surface area (Å²) in [7, 11) is 0. The van der Waals surface area contributed by atoms with Crippen molar-refractivity contribution in [1.82, 2.24) is 10.6 Å². The molecule has 1 heterocycles. The van der Waals surface area contributed by atoms with E-state index in [9.17, 15) is 9.90 Å². The van der Waals surface area contributed by atoms with Crippen molar-refractivity contribution in [3.05, 3.63) is 35.4 Å². The van der Waals surface area contributed by atoms with Crippen molar-refractivity contribution in [3.63, 3.8) is 0 Å². The van der Waals surface area contributed by atoms with E-state index in [1.54, 1.807) is 0 Å². The first kappa shape index (κ1) is 17.0. The van der Waals surface area contributed by atoms with Crippen LogP contribution in [-0.2, 0) is 4.79 Å². The minimum Gasteiger partial charge on any atom is -0.391 e. The Bertz CT molecular complexity index is 484. The van der Waals surface area contributed by atoms with E-state index in [0.717, 1.165) is 6.54 Å². The highest BCUT2D eigenvalue weighted by atomic mass is 16.3. The maximum Gasteiger partial charge on any atom is 0.220 e. The van der Waals surface area contributed by atoms with Crippen LogP contribution in [0, 0.1) is 5.92 Å². The molecule has 0 bridgehead atoms. The highest BCUT2D eigenvalue weighted by Gasteiger charge is 2.25. The standard InChI is InChI=1S/C18H28N2O2/c1-12(2)14-4-6-15(7-5-14)13(3)8-18(22)20-10-16-9-19-11-17(16)21/h4-7,12-13,16-17,19,21H,8-11H2,1-3H3,(H,20,22). The molecule has 1 saturated heterocycles. The zero-order chi connectivity index (χ0) is 16.1. The summed E-state index contributed by atoms with van der Waals surface area (Å²) < 4.78 is 0. The van der Waals surface area contributed by atoms with E-state index in [4.69, 9.17) is 0 Å². The van der Waals surface area contributed by atoms with Crippen molar-refractivity contribution >= 4 is 5.91 Å². The van der Waals surface area contributed by atoms with Crippen LogP contribution < -0.4 is 10.6 Å². The average Bonchev–Trinajstić information content (AvgIpc) is 2.90. The Balaban J connectivity index is 1.80. The smallest absolute Gasteiger partial charge is 0.220 e. The number of carbonyl (C=O) groups is 1. The second kappa shape index (κ2) is 7.75. The van der Waals surface area contributed by atoms with Gasteiger partial charge in [0.05, 0.1) is 6.10 Å². The monoisotopic (exact) mass is 304 g/mol. The molecule has 0 spiro atoms. The van der Waals surface area contributed by atoms with Gasteiger partial charge in [-0.15, -0.1) is 0 Å². The van der Waals surface area contributed by atoms with E-state index in [-0.39, 0.29) is 23.8 Å². The highest BCUT2D eigenvalue weighted by molar-refractivity contribution is 5.76. The SMILES string of the molecule is CC(C)c1ccc(C(C)CC(=O)NCC2CNCC2O)cc1. The van der Waals surface area contributed by atoms with Gasteiger partial charge in [0, 0.05) is 32.0 Å². The first-order valence-corrected chi connectivity index (χ1v) is 8.22. The number of amides is 1. The molecule has 0 radical (unpaired) electrons. The average molecular weight is 304 g/mol. The van der Waals surface area contributed by atoms with Crippen LogP contribution in [0.1, 0.15) is 50.2 Å². The fourth-order valence-electron chi connectivity index (χ4n) is 2.85. The Labute approximate surface area is 133 Å². The highest BCUT2D eigenvalue weighted by Crippen LogP contribution is 2.22.